The van der Waals surface area contributed by atoms with Crippen molar-refractivity contribution < 1.29 is 19.0 Å². The maximum Gasteiger partial charge on any atom is 0.230 e. The van der Waals surface area contributed by atoms with Crippen molar-refractivity contribution in [2.24, 2.45) is 11.8 Å². The molecule has 5 heteroatoms. The Morgan fingerprint density at radius 3 is 2.67 bits per heavy atom. The van der Waals surface area contributed by atoms with Crippen LogP contribution in [0.25, 0.3) is 0 Å². The highest BCUT2D eigenvalue weighted by molar-refractivity contribution is 5.91. The van der Waals surface area contributed by atoms with Gasteiger partial charge in [0.05, 0.1) is 25.2 Å². The van der Waals surface area contributed by atoms with Crippen LogP contribution < -0.4 is 10.1 Å². The van der Waals surface area contributed by atoms with E-state index in [4.69, 9.17) is 14.2 Å². The van der Waals surface area contributed by atoms with Gasteiger partial charge < -0.3 is 19.5 Å². The standard InChI is InChI=1S/C19H25NO4/c1-22-11-15-16(14-7-10-24-17(14)15)20-18(21)19(8-9-19)12-3-5-13(23-2)6-4-12/h3-6,14-17H,7-11H2,1-2H3,(H,20,21)/t14-,15+,16+,17-/m0/s1. The van der Waals surface area contributed by atoms with Crippen molar-refractivity contribution in [3.8, 4) is 5.75 Å². The molecule has 4 rings (SSSR count). The zero-order chi connectivity index (χ0) is 16.7. The molecule has 0 aromatic heterocycles. The van der Waals surface area contributed by atoms with Crippen LogP contribution in [0.15, 0.2) is 24.3 Å². The molecule has 1 aliphatic heterocycles. The first-order chi connectivity index (χ1) is 11.7. The number of hydrogen-bond donors (Lipinski definition) is 1. The minimum absolute atomic E-state index is 0.157. The molecular formula is C19H25NO4. The lowest BCUT2D eigenvalue weighted by Gasteiger charge is -2.48. The first kappa shape index (κ1) is 15.9. The molecule has 5 nitrogen and oxygen atoms in total. The predicted molar refractivity (Wildman–Crippen MR) is 89.0 cm³/mol. The predicted octanol–water partition coefficient (Wildman–Crippen LogP) is 1.89. The number of benzene rings is 1. The second-order valence-electron chi connectivity index (χ2n) is 7.22. The third-order valence-corrected chi connectivity index (χ3v) is 6.01. The molecule has 2 aliphatic carbocycles. The van der Waals surface area contributed by atoms with Crippen molar-refractivity contribution in [1.29, 1.82) is 0 Å². The number of ether oxygens (including phenoxy) is 3. The van der Waals surface area contributed by atoms with Crippen LogP contribution in [0, 0.1) is 11.8 Å². The molecule has 0 spiro atoms. The van der Waals surface area contributed by atoms with Gasteiger partial charge in [-0.2, -0.15) is 0 Å². The molecule has 2 saturated carbocycles. The molecule has 24 heavy (non-hydrogen) atoms. The molecular weight excluding hydrogens is 306 g/mol. The number of rotatable bonds is 6. The van der Waals surface area contributed by atoms with E-state index in [-0.39, 0.29) is 29.4 Å². The fourth-order valence-electron chi connectivity index (χ4n) is 4.41. The van der Waals surface area contributed by atoms with E-state index in [1.165, 1.54) is 0 Å². The number of carbonyl (C=O) groups excluding carboxylic acids is 1. The van der Waals surface area contributed by atoms with E-state index in [1.807, 2.05) is 24.3 Å². The van der Waals surface area contributed by atoms with Crippen molar-refractivity contribution in [2.45, 2.75) is 36.8 Å². The number of methoxy groups -OCH3 is 2. The molecule has 3 fully saturated rings. The molecule has 1 aromatic rings. The van der Waals surface area contributed by atoms with Crippen molar-refractivity contribution in [1.82, 2.24) is 5.32 Å². The molecule has 3 aliphatic rings. The Morgan fingerprint density at radius 1 is 1.29 bits per heavy atom. The summed E-state index contributed by atoms with van der Waals surface area (Å²) in [4.78, 5) is 13.0. The van der Waals surface area contributed by atoms with Gasteiger partial charge in [0.25, 0.3) is 0 Å². The van der Waals surface area contributed by atoms with E-state index in [0.29, 0.717) is 12.5 Å². The summed E-state index contributed by atoms with van der Waals surface area (Å²) in [6.07, 6.45) is 3.12. The van der Waals surface area contributed by atoms with Crippen LogP contribution in [-0.2, 0) is 19.7 Å². The maximum absolute atomic E-state index is 13.0. The van der Waals surface area contributed by atoms with Crippen LogP contribution in [0.3, 0.4) is 0 Å². The van der Waals surface area contributed by atoms with E-state index >= 15 is 0 Å². The summed E-state index contributed by atoms with van der Waals surface area (Å²) in [6.45, 7) is 1.44. The molecule has 1 amide bonds. The van der Waals surface area contributed by atoms with E-state index in [2.05, 4.69) is 5.32 Å². The normalized spacial score (nSPS) is 32.6. The minimum Gasteiger partial charge on any atom is -0.497 e. The molecule has 0 bridgehead atoms. The average molecular weight is 331 g/mol. The summed E-state index contributed by atoms with van der Waals surface area (Å²) >= 11 is 0. The van der Waals surface area contributed by atoms with Crippen molar-refractivity contribution >= 4 is 5.91 Å². The lowest BCUT2D eigenvalue weighted by molar-refractivity contribution is -0.132. The van der Waals surface area contributed by atoms with Gasteiger partial charge in [0.1, 0.15) is 5.75 Å². The fraction of sp³-hybridized carbons (Fsp3) is 0.632. The Balaban J connectivity index is 1.47. The van der Waals surface area contributed by atoms with Gasteiger partial charge in [-0.25, -0.2) is 0 Å². The molecule has 0 unspecified atom stereocenters. The highest BCUT2D eigenvalue weighted by atomic mass is 16.5. The van der Waals surface area contributed by atoms with Crippen molar-refractivity contribution in [3.63, 3.8) is 0 Å². The summed E-state index contributed by atoms with van der Waals surface area (Å²) in [5, 5.41) is 3.32. The van der Waals surface area contributed by atoms with E-state index in [1.54, 1.807) is 14.2 Å². The summed E-state index contributed by atoms with van der Waals surface area (Å²) in [5.41, 5.74) is 0.733. The maximum atomic E-state index is 13.0. The molecule has 4 atom stereocenters. The zero-order valence-corrected chi connectivity index (χ0v) is 14.3. The number of hydrogen-bond acceptors (Lipinski definition) is 4. The highest BCUT2D eigenvalue weighted by Crippen LogP contribution is 2.50. The SMILES string of the molecule is COC[C@@H]1[C@H](NC(=O)C2(c3ccc(OC)cc3)CC2)[C@@H]2CCO[C@H]12. The largest absolute Gasteiger partial charge is 0.497 e. The van der Waals surface area contributed by atoms with Gasteiger partial charge in [-0.15, -0.1) is 0 Å². The smallest absolute Gasteiger partial charge is 0.230 e. The van der Waals surface area contributed by atoms with Crippen LogP contribution in [-0.4, -0.2) is 45.5 Å². The van der Waals surface area contributed by atoms with Crippen LogP contribution in [0.2, 0.25) is 0 Å². The molecule has 130 valence electrons. The lowest BCUT2D eigenvalue weighted by Crippen LogP contribution is -2.63. The lowest BCUT2D eigenvalue weighted by atomic mass is 9.67. The fourth-order valence-corrected chi connectivity index (χ4v) is 4.41. The first-order valence-electron chi connectivity index (χ1n) is 8.75. The molecule has 0 radical (unpaired) electrons. The quantitative estimate of drug-likeness (QED) is 0.865. The van der Waals surface area contributed by atoms with Crippen LogP contribution in [0.5, 0.6) is 5.75 Å². The van der Waals surface area contributed by atoms with Gasteiger partial charge in [0.2, 0.25) is 5.91 Å². The van der Waals surface area contributed by atoms with E-state index in [9.17, 15) is 4.79 Å². The van der Waals surface area contributed by atoms with Gasteiger partial charge >= 0.3 is 0 Å². The van der Waals surface area contributed by atoms with Gasteiger partial charge in [-0.1, -0.05) is 12.1 Å². The molecule has 1 N–H and O–H groups in total. The third-order valence-electron chi connectivity index (χ3n) is 6.01. The summed E-state index contributed by atoms with van der Waals surface area (Å²) in [7, 11) is 3.36. The molecule has 1 heterocycles. The zero-order valence-electron chi connectivity index (χ0n) is 14.3. The van der Waals surface area contributed by atoms with Crippen molar-refractivity contribution in [3.05, 3.63) is 29.8 Å². The summed E-state index contributed by atoms with van der Waals surface area (Å²) < 4.78 is 16.3. The average Bonchev–Trinajstić information content (AvgIpc) is 3.32. The number of nitrogens with one attached hydrogen (secondary N) is 1. The monoisotopic (exact) mass is 331 g/mol. The van der Waals surface area contributed by atoms with E-state index < -0.39 is 0 Å². The second kappa shape index (κ2) is 6.05. The van der Waals surface area contributed by atoms with Crippen LogP contribution >= 0.6 is 0 Å². The first-order valence-corrected chi connectivity index (χ1v) is 8.75. The van der Waals surface area contributed by atoms with Gasteiger partial charge in [0.15, 0.2) is 0 Å². The summed E-state index contributed by atoms with van der Waals surface area (Å²) in [5.74, 6) is 1.70. The Hall–Kier alpha value is -1.59. The van der Waals surface area contributed by atoms with Gasteiger partial charge in [0, 0.05) is 31.6 Å². The van der Waals surface area contributed by atoms with Crippen LogP contribution in [0.1, 0.15) is 24.8 Å². The Morgan fingerprint density at radius 2 is 2.04 bits per heavy atom. The van der Waals surface area contributed by atoms with Gasteiger partial charge in [-0.3, -0.25) is 4.79 Å². The highest BCUT2D eigenvalue weighted by Gasteiger charge is 2.57. The van der Waals surface area contributed by atoms with Crippen LogP contribution in [0.4, 0.5) is 0 Å². The topological polar surface area (TPSA) is 56.8 Å². The van der Waals surface area contributed by atoms with Crippen molar-refractivity contribution in [2.75, 3.05) is 27.4 Å². The van der Waals surface area contributed by atoms with E-state index in [0.717, 1.165) is 37.2 Å². The number of amides is 1. The molecule has 1 aromatic carbocycles. The Bertz CT molecular complexity index is 610. The Kier molecular flexibility index (Phi) is 4.01. The second-order valence-corrected chi connectivity index (χ2v) is 7.22. The number of carbonyl (C=O) groups is 1. The summed E-state index contributed by atoms with van der Waals surface area (Å²) in [6, 6.07) is 8.07. The third kappa shape index (κ3) is 2.42. The minimum atomic E-state index is -0.353. The van der Waals surface area contributed by atoms with Gasteiger partial charge in [-0.05, 0) is 37.0 Å². The Labute approximate surface area is 142 Å². The molecule has 1 saturated heterocycles. The number of fused-ring (bicyclic) bond motifs is 1.